The Bertz CT molecular complexity index is 390. The molecule has 0 aliphatic carbocycles. The molecule has 0 heterocycles. The van der Waals surface area contributed by atoms with Crippen LogP contribution >= 0.6 is 15.9 Å². The topological polar surface area (TPSA) is 30.5 Å². The molecule has 0 bridgehead atoms. The SMILES string of the molecule is COCCOCCCCNC(C)c1ccc(F)c(Br)c1. The van der Waals surface area contributed by atoms with E-state index in [9.17, 15) is 4.39 Å². The second-order valence-corrected chi connectivity index (χ2v) is 5.52. The Balaban J connectivity index is 2.13. The third kappa shape index (κ3) is 6.79. The molecule has 1 unspecified atom stereocenters. The number of hydrogen-bond acceptors (Lipinski definition) is 3. The average Bonchev–Trinajstić information content (AvgIpc) is 2.44. The molecule has 5 heteroatoms. The second-order valence-electron chi connectivity index (χ2n) is 4.66. The average molecular weight is 348 g/mol. The zero-order valence-corrected chi connectivity index (χ0v) is 13.7. The first-order valence-electron chi connectivity index (χ1n) is 6.90. The Morgan fingerprint density at radius 2 is 2.05 bits per heavy atom. The van der Waals surface area contributed by atoms with E-state index in [1.807, 2.05) is 12.1 Å². The maximum atomic E-state index is 13.2. The monoisotopic (exact) mass is 347 g/mol. The Labute approximate surface area is 129 Å². The second kappa shape index (κ2) is 10.3. The van der Waals surface area contributed by atoms with Crippen LogP contribution in [-0.2, 0) is 9.47 Å². The van der Waals surface area contributed by atoms with Gasteiger partial charge in [0.05, 0.1) is 17.7 Å². The molecular weight excluding hydrogens is 325 g/mol. The summed E-state index contributed by atoms with van der Waals surface area (Å²) in [6.45, 7) is 5.07. The van der Waals surface area contributed by atoms with Crippen molar-refractivity contribution in [3.63, 3.8) is 0 Å². The Hall–Kier alpha value is -0.490. The van der Waals surface area contributed by atoms with Gasteiger partial charge in [0.2, 0.25) is 0 Å². The molecule has 20 heavy (non-hydrogen) atoms. The molecule has 0 aromatic heterocycles. The van der Waals surface area contributed by atoms with E-state index < -0.39 is 0 Å². The molecule has 1 rings (SSSR count). The molecule has 0 aliphatic heterocycles. The van der Waals surface area contributed by atoms with Gasteiger partial charge >= 0.3 is 0 Å². The van der Waals surface area contributed by atoms with Crippen molar-refractivity contribution in [2.45, 2.75) is 25.8 Å². The zero-order valence-electron chi connectivity index (χ0n) is 12.1. The molecule has 0 fully saturated rings. The van der Waals surface area contributed by atoms with Crippen molar-refractivity contribution in [3.8, 4) is 0 Å². The van der Waals surface area contributed by atoms with Crippen molar-refractivity contribution in [1.29, 1.82) is 0 Å². The van der Waals surface area contributed by atoms with Crippen LogP contribution in [0.2, 0.25) is 0 Å². The number of unbranched alkanes of at least 4 members (excludes halogenated alkanes) is 1. The van der Waals surface area contributed by atoms with Crippen LogP contribution in [0.4, 0.5) is 4.39 Å². The summed E-state index contributed by atoms with van der Waals surface area (Å²) in [5.41, 5.74) is 1.08. The molecule has 114 valence electrons. The first kappa shape index (κ1) is 17.6. The highest BCUT2D eigenvalue weighted by molar-refractivity contribution is 9.10. The van der Waals surface area contributed by atoms with Crippen molar-refractivity contribution in [3.05, 3.63) is 34.1 Å². The molecule has 0 radical (unpaired) electrons. The maximum absolute atomic E-state index is 13.2. The molecule has 1 aromatic rings. The molecule has 1 N–H and O–H groups in total. The van der Waals surface area contributed by atoms with Crippen molar-refractivity contribution >= 4 is 15.9 Å². The van der Waals surface area contributed by atoms with E-state index in [2.05, 4.69) is 28.2 Å². The third-order valence-corrected chi connectivity index (χ3v) is 3.65. The van der Waals surface area contributed by atoms with Gasteiger partial charge in [-0.2, -0.15) is 0 Å². The number of halogens is 2. The summed E-state index contributed by atoms with van der Waals surface area (Å²) in [4.78, 5) is 0. The van der Waals surface area contributed by atoms with E-state index >= 15 is 0 Å². The van der Waals surface area contributed by atoms with Crippen molar-refractivity contribution in [2.75, 3.05) is 33.5 Å². The Morgan fingerprint density at radius 3 is 2.75 bits per heavy atom. The van der Waals surface area contributed by atoms with E-state index in [0.717, 1.165) is 31.6 Å². The molecule has 0 saturated heterocycles. The molecule has 0 amide bonds. The minimum atomic E-state index is -0.228. The fourth-order valence-corrected chi connectivity index (χ4v) is 2.19. The molecule has 1 atom stereocenters. The van der Waals surface area contributed by atoms with E-state index in [0.29, 0.717) is 17.7 Å². The van der Waals surface area contributed by atoms with Gasteiger partial charge in [0, 0.05) is 19.8 Å². The normalized spacial score (nSPS) is 12.6. The third-order valence-electron chi connectivity index (χ3n) is 3.04. The standard InChI is InChI=1S/C15H23BrFNO2/c1-12(13-5-6-15(17)14(16)11-13)18-7-3-4-8-20-10-9-19-2/h5-6,11-12,18H,3-4,7-10H2,1-2H3. The first-order valence-corrected chi connectivity index (χ1v) is 7.69. The van der Waals surface area contributed by atoms with Gasteiger partial charge in [0.25, 0.3) is 0 Å². The van der Waals surface area contributed by atoms with Gasteiger partial charge in [-0.1, -0.05) is 6.07 Å². The smallest absolute Gasteiger partial charge is 0.137 e. The minimum Gasteiger partial charge on any atom is -0.382 e. The van der Waals surface area contributed by atoms with Crippen molar-refractivity contribution < 1.29 is 13.9 Å². The highest BCUT2D eigenvalue weighted by Gasteiger charge is 2.07. The number of ether oxygens (including phenoxy) is 2. The lowest BCUT2D eigenvalue weighted by Crippen LogP contribution is -2.20. The van der Waals surface area contributed by atoms with Crippen LogP contribution in [0.15, 0.2) is 22.7 Å². The lowest BCUT2D eigenvalue weighted by atomic mass is 10.1. The molecule has 1 aromatic carbocycles. The van der Waals surface area contributed by atoms with E-state index in [4.69, 9.17) is 9.47 Å². The zero-order chi connectivity index (χ0) is 14.8. The summed E-state index contributed by atoms with van der Waals surface area (Å²) in [6, 6.07) is 5.33. The summed E-state index contributed by atoms with van der Waals surface area (Å²) >= 11 is 3.21. The molecule has 3 nitrogen and oxygen atoms in total. The number of rotatable bonds is 10. The van der Waals surface area contributed by atoms with E-state index in [1.165, 1.54) is 6.07 Å². The van der Waals surface area contributed by atoms with E-state index in [1.54, 1.807) is 7.11 Å². The van der Waals surface area contributed by atoms with Gasteiger partial charge in [0.15, 0.2) is 0 Å². The fourth-order valence-electron chi connectivity index (χ4n) is 1.79. The Kier molecular flexibility index (Phi) is 9.02. The lowest BCUT2D eigenvalue weighted by molar-refractivity contribution is 0.0687. The number of hydrogen-bond donors (Lipinski definition) is 1. The highest BCUT2D eigenvalue weighted by atomic mass is 79.9. The Morgan fingerprint density at radius 1 is 1.25 bits per heavy atom. The van der Waals surface area contributed by atoms with Crippen LogP contribution < -0.4 is 5.32 Å². The van der Waals surface area contributed by atoms with Crippen LogP contribution in [0.3, 0.4) is 0 Å². The first-order chi connectivity index (χ1) is 9.65. The highest BCUT2D eigenvalue weighted by Crippen LogP contribution is 2.21. The van der Waals surface area contributed by atoms with Crippen LogP contribution in [-0.4, -0.2) is 33.5 Å². The maximum Gasteiger partial charge on any atom is 0.137 e. The van der Waals surface area contributed by atoms with Crippen molar-refractivity contribution in [2.24, 2.45) is 0 Å². The summed E-state index contributed by atoms with van der Waals surface area (Å²) in [7, 11) is 1.67. The summed E-state index contributed by atoms with van der Waals surface area (Å²) in [5, 5.41) is 3.42. The summed E-state index contributed by atoms with van der Waals surface area (Å²) < 4.78 is 24.0. The molecular formula is C15H23BrFNO2. The van der Waals surface area contributed by atoms with Crippen LogP contribution in [0.5, 0.6) is 0 Å². The van der Waals surface area contributed by atoms with Crippen LogP contribution in [0, 0.1) is 5.82 Å². The van der Waals surface area contributed by atoms with Gasteiger partial charge in [0.1, 0.15) is 5.82 Å². The van der Waals surface area contributed by atoms with Gasteiger partial charge < -0.3 is 14.8 Å². The van der Waals surface area contributed by atoms with Gasteiger partial charge in [-0.3, -0.25) is 0 Å². The van der Waals surface area contributed by atoms with Crippen molar-refractivity contribution in [1.82, 2.24) is 5.32 Å². The van der Waals surface area contributed by atoms with Crippen LogP contribution in [0.1, 0.15) is 31.4 Å². The predicted molar refractivity (Wildman–Crippen MR) is 82.4 cm³/mol. The summed E-state index contributed by atoms with van der Waals surface area (Å²) in [5.74, 6) is -0.228. The minimum absolute atomic E-state index is 0.210. The number of nitrogens with one attached hydrogen (secondary N) is 1. The number of benzene rings is 1. The predicted octanol–water partition coefficient (Wildman–Crippen LogP) is 3.68. The van der Waals surface area contributed by atoms with Gasteiger partial charge in [-0.25, -0.2) is 4.39 Å². The molecule has 0 spiro atoms. The van der Waals surface area contributed by atoms with Gasteiger partial charge in [-0.05, 0) is 59.9 Å². The quantitative estimate of drug-likeness (QED) is 0.655. The molecule has 0 aliphatic rings. The molecule has 0 saturated carbocycles. The largest absolute Gasteiger partial charge is 0.382 e. The van der Waals surface area contributed by atoms with Gasteiger partial charge in [-0.15, -0.1) is 0 Å². The summed E-state index contributed by atoms with van der Waals surface area (Å²) in [6.07, 6.45) is 2.08. The number of methoxy groups -OCH3 is 1. The van der Waals surface area contributed by atoms with Crippen LogP contribution in [0.25, 0.3) is 0 Å². The fraction of sp³-hybridized carbons (Fsp3) is 0.600. The lowest BCUT2D eigenvalue weighted by Gasteiger charge is -2.14. The van der Waals surface area contributed by atoms with E-state index in [-0.39, 0.29) is 11.9 Å².